The second-order valence-corrected chi connectivity index (χ2v) is 30.9. The fourth-order valence-electron chi connectivity index (χ4n) is 19.9. The van der Waals surface area contributed by atoms with Gasteiger partial charge in [0.05, 0.1) is 39.1 Å². The highest BCUT2D eigenvalue weighted by Crippen LogP contribution is 2.57. The second kappa shape index (κ2) is 25.8. The first-order chi connectivity index (χ1) is 57.1. The number of rotatable bonds is 11. The highest BCUT2D eigenvalue weighted by molar-refractivity contribution is 7.00. The molecular formula is C110H69BN4. The Kier molecular flexibility index (Phi) is 14.5. The summed E-state index contributed by atoms with van der Waals surface area (Å²) in [5.41, 5.74) is 32.5. The minimum atomic E-state index is -0.322. The van der Waals surface area contributed by atoms with E-state index in [1.54, 1.807) is 0 Å². The molecule has 0 spiro atoms. The van der Waals surface area contributed by atoms with Gasteiger partial charge in [-0.3, -0.25) is 0 Å². The van der Waals surface area contributed by atoms with E-state index in [1.807, 2.05) is 0 Å². The van der Waals surface area contributed by atoms with E-state index in [9.17, 15) is 0 Å². The molecule has 4 heterocycles. The van der Waals surface area contributed by atoms with E-state index in [4.69, 9.17) is 0 Å². The lowest BCUT2D eigenvalue weighted by Crippen LogP contribution is -2.61. The summed E-state index contributed by atoms with van der Waals surface area (Å²) < 4.78 is 5.06. The van der Waals surface area contributed by atoms with Crippen molar-refractivity contribution in [1.82, 2.24) is 9.13 Å². The van der Waals surface area contributed by atoms with Crippen molar-refractivity contribution in [3.05, 3.63) is 419 Å². The monoisotopic (exact) mass is 1460 g/mol. The standard InChI is InChI=1S/C110H69BN4/c1-7-30-70(31-8-1)78-62-92(72-34-11-3-12-35-72)109(93(63-78)73-36-13-4-14-37-73)114-102-66-77(82-58-59-91-89-49-28-43-76-42-27-48-88(106(76)89)90-51-29-50-87(82)107(90)91)56-60-96(102)111-97-61-57-80(112-98-52-23-19-44-83(98)84-45-20-24-53-99(84)112)67-103(97)115(105-69-81(68-104(114)108(105)111)113-100-54-25-21-46-85(100)86-47-22-26-55-101(86)113)110-94(74-38-15-5-16-39-74)64-79(71-32-9-2-10-33-71)65-95(110)75-40-17-6-18-41-75/h1-69H. The van der Waals surface area contributed by atoms with Crippen molar-refractivity contribution in [3.8, 4) is 89.3 Å². The second-order valence-electron chi connectivity index (χ2n) is 30.9. The third-order valence-electron chi connectivity index (χ3n) is 24.8. The predicted molar refractivity (Wildman–Crippen MR) is 488 cm³/mol. The molecular weight excluding hydrogens is 1390 g/mol. The summed E-state index contributed by atoms with van der Waals surface area (Å²) in [6, 6.07) is 158. The quantitative estimate of drug-likeness (QED) is 0.0729. The summed E-state index contributed by atoms with van der Waals surface area (Å²) in [6.45, 7) is -0.322. The van der Waals surface area contributed by atoms with Crippen molar-refractivity contribution >= 4 is 144 Å². The SMILES string of the molecule is c1ccc(-c2cc(-c3ccccc3)c(N3c4cc(-c5ccc6c7cccc8cccc(c9cccc5c96)c87)ccc4B4c5ccc(-n6c7ccccc7c7ccccc76)cc5N(c5c(-c6ccccc6)cc(-c6ccccc6)cc5-c5ccccc5)c5cc(-n6c7ccccc7c7ccccc76)cc3c54)c(-c3ccccc3)c2)cc1. The van der Waals surface area contributed by atoms with E-state index in [-0.39, 0.29) is 6.71 Å². The van der Waals surface area contributed by atoms with Crippen LogP contribution in [0, 0.1) is 0 Å². The summed E-state index contributed by atoms with van der Waals surface area (Å²) in [5, 5.41) is 15.0. The maximum Gasteiger partial charge on any atom is 0.252 e. The minimum absolute atomic E-state index is 0.322. The Balaban J connectivity index is 0.895. The third kappa shape index (κ3) is 9.94. The lowest BCUT2D eigenvalue weighted by atomic mass is 9.33. The first-order valence-electron chi connectivity index (χ1n) is 39.9. The average Bonchev–Trinajstić information content (AvgIpc) is 1.21. The molecule has 0 N–H and O–H groups in total. The van der Waals surface area contributed by atoms with E-state index in [1.165, 1.54) is 86.6 Å². The van der Waals surface area contributed by atoms with Crippen LogP contribution in [0.2, 0.25) is 0 Å². The molecule has 5 heteroatoms. The van der Waals surface area contributed by atoms with Gasteiger partial charge in [-0.2, -0.15) is 0 Å². The summed E-state index contributed by atoms with van der Waals surface area (Å²) in [6.07, 6.45) is 0. The molecule has 0 bridgehead atoms. The number of fused-ring (bicyclic) bond motifs is 12. The highest BCUT2D eigenvalue weighted by Gasteiger charge is 2.46. The lowest BCUT2D eigenvalue weighted by molar-refractivity contribution is 1.15. The van der Waals surface area contributed by atoms with Crippen molar-refractivity contribution < 1.29 is 0 Å². The zero-order chi connectivity index (χ0) is 75.3. The van der Waals surface area contributed by atoms with Gasteiger partial charge in [-0.15, -0.1) is 0 Å². The fraction of sp³-hybridized carbons (Fsp3) is 0. The lowest BCUT2D eigenvalue weighted by Gasteiger charge is -2.46. The topological polar surface area (TPSA) is 16.3 Å². The van der Waals surface area contributed by atoms with Crippen LogP contribution in [-0.2, 0) is 0 Å². The number of anilines is 6. The first-order valence-corrected chi connectivity index (χ1v) is 39.9. The van der Waals surface area contributed by atoms with E-state index in [0.717, 1.165) is 140 Å². The number of aromatic nitrogens is 2. The van der Waals surface area contributed by atoms with E-state index in [2.05, 4.69) is 438 Å². The molecule has 4 nitrogen and oxygen atoms in total. The normalized spacial score (nSPS) is 12.5. The number of para-hydroxylation sites is 4. The highest BCUT2D eigenvalue weighted by atomic mass is 15.2. The minimum Gasteiger partial charge on any atom is -0.310 e. The molecule has 0 unspecified atom stereocenters. The number of hydrogen-bond donors (Lipinski definition) is 0. The molecule has 0 fully saturated rings. The van der Waals surface area contributed by atoms with Crippen LogP contribution in [0.1, 0.15) is 0 Å². The van der Waals surface area contributed by atoms with Gasteiger partial charge in [0.15, 0.2) is 0 Å². The van der Waals surface area contributed by atoms with Gasteiger partial charge in [-0.25, -0.2) is 0 Å². The van der Waals surface area contributed by atoms with Gasteiger partial charge >= 0.3 is 0 Å². The van der Waals surface area contributed by atoms with Crippen LogP contribution in [0.25, 0.3) is 176 Å². The number of nitrogens with zero attached hydrogens (tertiary/aromatic N) is 4. The smallest absolute Gasteiger partial charge is 0.252 e. The maximum absolute atomic E-state index is 2.73. The van der Waals surface area contributed by atoms with Gasteiger partial charge in [-0.05, 0) is 194 Å². The van der Waals surface area contributed by atoms with Gasteiger partial charge in [0.25, 0.3) is 6.71 Å². The molecule has 22 aromatic rings. The fourth-order valence-corrected chi connectivity index (χ4v) is 19.9. The van der Waals surface area contributed by atoms with Gasteiger partial charge in [0.2, 0.25) is 0 Å². The molecule has 20 aromatic carbocycles. The predicted octanol–water partition coefficient (Wildman–Crippen LogP) is 27.7. The number of benzene rings is 20. The molecule has 115 heavy (non-hydrogen) atoms. The Bertz CT molecular complexity index is 7420. The van der Waals surface area contributed by atoms with Crippen LogP contribution in [0.4, 0.5) is 34.1 Å². The summed E-state index contributed by atoms with van der Waals surface area (Å²) >= 11 is 0. The van der Waals surface area contributed by atoms with Crippen LogP contribution in [0.5, 0.6) is 0 Å². The maximum atomic E-state index is 2.73. The summed E-state index contributed by atoms with van der Waals surface area (Å²) in [7, 11) is 0. The zero-order valence-electron chi connectivity index (χ0n) is 62.7. The van der Waals surface area contributed by atoms with Crippen LogP contribution < -0.4 is 26.2 Å². The summed E-state index contributed by atoms with van der Waals surface area (Å²) in [4.78, 5) is 5.45. The van der Waals surface area contributed by atoms with Crippen molar-refractivity contribution in [1.29, 1.82) is 0 Å². The Labute approximate surface area is 666 Å². The Hall–Kier alpha value is -15.0. The van der Waals surface area contributed by atoms with Crippen molar-refractivity contribution in [2.24, 2.45) is 0 Å². The Morgan fingerprint density at radius 1 is 0.183 bits per heavy atom. The molecule has 2 aliphatic heterocycles. The molecule has 24 rings (SSSR count). The van der Waals surface area contributed by atoms with Gasteiger partial charge in [-0.1, -0.05) is 340 Å². The van der Waals surface area contributed by atoms with Crippen molar-refractivity contribution in [2.75, 3.05) is 9.80 Å². The molecule has 2 aliphatic rings. The Morgan fingerprint density at radius 2 is 0.513 bits per heavy atom. The van der Waals surface area contributed by atoms with Gasteiger partial charge in [0.1, 0.15) is 0 Å². The van der Waals surface area contributed by atoms with Gasteiger partial charge in [0, 0.05) is 72.2 Å². The summed E-state index contributed by atoms with van der Waals surface area (Å²) in [5.74, 6) is 0. The molecule has 0 saturated heterocycles. The molecule has 0 radical (unpaired) electrons. The van der Waals surface area contributed by atoms with E-state index < -0.39 is 0 Å². The molecule has 0 saturated carbocycles. The zero-order valence-corrected chi connectivity index (χ0v) is 62.7. The number of hydrogen-bond acceptors (Lipinski definition) is 2. The van der Waals surface area contributed by atoms with Gasteiger partial charge < -0.3 is 18.9 Å². The van der Waals surface area contributed by atoms with E-state index in [0.29, 0.717) is 0 Å². The van der Waals surface area contributed by atoms with Crippen LogP contribution in [0.3, 0.4) is 0 Å². The molecule has 532 valence electrons. The largest absolute Gasteiger partial charge is 0.310 e. The van der Waals surface area contributed by atoms with Crippen molar-refractivity contribution in [3.63, 3.8) is 0 Å². The molecule has 0 aliphatic carbocycles. The molecule has 2 aromatic heterocycles. The third-order valence-corrected chi connectivity index (χ3v) is 24.8. The molecule has 0 amide bonds. The first kappa shape index (κ1) is 64.8. The average molecular weight is 1460 g/mol. The molecule has 0 atom stereocenters. The van der Waals surface area contributed by atoms with E-state index >= 15 is 0 Å². The Morgan fingerprint density at radius 3 is 0.948 bits per heavy atom. The van der Waals surface area contributed by atoms with Crippen molar-refractivity contribution in [2.45, 2.75) is 0 Å². The van der Waals surface area contributed by atoms with Crippen LogP contribution in [-0.4, -0.2) is 15.8 Å². The van der Waals surface area contributed by atoms with Crippen LogP contribution >= 0.6 is 0 Å². The van der Waals surface area contributed by atoms with Crippen LogP contribution in [0.15, 0.2) is 419 Å².